The first kappa shape index (κ1) is 31.2. The fourth-order valence-corrected chi connectivity index (χ4v) is 6.35. The summed E-state index contributed by atoms with van der Waals surface area (Å²) in [4.78, 5) is 9.04. The number of hydrogen-bond acceptors (Lipinski definition) is 3. The summed E-state index contributed by atoms with van der Waals surface area (Å²) in [5.74, 6) is 0.534. The van der Waals surface area contributed by atoms with Crippen molar-refractivity contribution in [2.24, 2.45) is 0 Å². The molecule has 3 aromatic carbocycles. The smallest absolute Gasteiger partial charge is 0.501 e. The maximum Gasteiger partial charge on any atom is 3.00 e. The maximum atomic E-state index is 5.97. The predicted octanol–water partition coefficient (Wildman–Crippen LogP) is 9.11. The number of furan rings is 1. The Bertz CT molecular complexity index is 1670. The van der Waals surface area contributed by atoms with Crippen LogP contribution in [0.2, 0.25) is 19.6 Å². The monoisotopic (exact) mass is 720 g/mol. The normalized spacial score (nSPS) is 10.9. The molecule has 0 saturated carbocycles. The van der Waals surface area contributed by atoms with Crippen molar-refractivity contribution in [3.63, 3.8) is 0 Å². The number of hydrogen-bond donors (Lipinski definition) is 0. The van der Waals surface area contributed by atoms with Gasteiger partial charge in [-0.2, -0.15) is 0 Å². The molecule has 0 unspecified atom stereocenters. The molecule has 0 atom stereocenters. The summed E-state index contributed by atoms with van der Waals surface area (Å²) in [6, 6.07) is 34.6. The van der Waals surface area contributed by atoms with Crippen molar-refractivity contribution in [2.45, 2.75) is 39.4 Å². The van der Waals surface area contributed by atoms with E-state index < -0.39 is 8.07 Å². The number of nitrogens with zero attached hydrogens (tertiary/aromatic N) is 2. The molecule has 5 heteroatoms. The van der Waals surface area contributed by atoms with Crippen LogP contribution in [0.3, 0.4) is 0 Å². The molecular formula is C35H35IrN2OSi. The molecule has 6 aromatic rings. The summed E-state index contributed by atoms with van der Waals surface area (Å²) in [5.41, 5.74) is 7.09. The zero-order valence-electron chi connectivity index (χ0n) is 24.0. The molecule has 0 aliphatic carbocycles. The van der Waals surface area contributed by atoms with Gasteiger partial charge in [-0.15, -0.1) is 54.1 Å². The molecule has 6 rings (SSSR count). The molecular weight excluding hydrogens is 685 g/mol. The number of pyridine rings is 2. The number of rotatable bonds is 4. The van der Waals surface area contributed by atoms with E-state index in [0.717, 1.165) is 44.5 Å². The van der Waals surface area contributed by atoms with Gasteiger partial charge in [-0.05, 0) is 34.6 Å². The summed E-state index contributed by atoms with van der Waals surface area (Å²) in [6.45, 7) is 11.7. The topological polar surface area (TPSA) is 38.9 Å². The Balaban J connectivity index is 0.000000210. The van der Waals surface area contributed by atoms with Gasteiger partial charge in [-0.1, -0.05) is 86.4 Å². The van der Waals surface area contributed by atoms with Crippen LogP contribution in [0.25, 0.3) is 44.5 Å². The third-order valence-corrected chi connectivity index (χ3v) is 8.64. The first-order valence-electron chi connectivity index (χ1n) is 13.0. The van der Waals surface area contributed by atoms with E-state index in [2.05, 4.69) is 80.0 Å². The Morgan fingerprint density at radius 3 is 2.20 bits per heavy atom. The van der Waals surface area contributed by atoms with Crippen molar-refractivity contribution in [3.8, 4) is 22.5 Å². The molecule has 0 fully saturated rings. The standard InChI is InChI=1S/C17H10NO.C17H22NSi.CH3.Ir/c1-2-10-16-12(6-1)13-7-5-8-14(17(13)19-16)15-9-3-4-11-18-15;1-13(2)15-11-16(14-9-7-6-8-10-14)18-12-17(15)19(3,4)5;;/h1-7,9-11H;6-9,11-13H,1-5H3;1H3;/q3*-1;+3. The fraction of sp³-hybridized carbons (Fsp3) is 0.171. The summed E-state index contributed by atoms with van der Waals surface area (Å²) >= 11 is 0. The van der Waals surface area contributed by atoms with Gasteiger partial charge in [0.1, 0.15) is 5.58 Å². The molecule has 0 amide bonds. The van der Waals surface area contributed by atoms with E-state index in [1.165, 1.54) is 10.8 Å². The second kappa shape index (κ2) is 13.3. The average molecular weight is 720 g/mol. The third kappa shape index (κ3) is 6.67. The van der Waals surface area contributed by atoms with Crippen LogP contribution < -0.4 is 5.19 Å². The zero-order valence-corrected chi connectivity index (χ0v) is 27.3. The minimum Gasteiger partial charge on any atom is -0.501 e. The Morgan fingerprint density at radius 1 is 0.775 bits per heavy atom. The Kier molecular flexibility index (Phi) is 10.4. The second-order valence-corrected chi connectivity index (χ2v) is 15.8. The minimum absolute atomic E-state index is 0. The molecule has 3 heterocycles. The SMILES string of the molecule is CC(C)c1cc(-c2[c-]cccc2)ncc1[Si](C)(C)C.[CH3-].[Ir+3].[c-]1ccc2c(oc3ccccc32)c1-c1ccccn1. The van der Waals surface area contributed by atoms with Crippen molar-refractivity contribution in [1.29, 1.82) is 0 Å². The van der Waals surface area contributed by atoms with E-state index in [-0.39, 0.29) is 27.5 Å². The molecule has 0 spiro atoms. The molecule has 0 aliphatic heterocycles. The molecule has 0 bridgehead atoms. The van der Waals surface area contributed by atoms with E-state index in [9.17, 15) is 0 Å². The van der Waals surface area contributed by atoms with Gasteiger partial charge in [0, 0.05) is 17.8 Å². The van der Waals surface area contributed by atoms with Gasteiger partial charge < -0.3 is 21.8 Å². The summed E-state index contributed by atoms with van der Waals surface area (Å²) in [7, 11) is -1.34. The molecule has 0 saturated heterocycles. The van der Waals surface area contributed by atoms with Crippen LogP contribution in [0.15, 0.2) is 102 Å². The second-order valence-electron chi connectivity index (χ2n) is 10.7. The molecule has 0 N–H and O–H groups in total. The van der Waals surface area contributed by atoms with E-state index >= 15 is 0 Å². The van der Waals surface area contributed by atoms with Gasteiger partial charge in [-0.25, -0.2) is 0 Å². The fourth-order valence-electron chi connectivity index (χ4n) is 4.67. The molecule has 3 aromatic heterocycles. The van der Waals surface area contributed by atoms with Crippen LogP contribution in [-0.2, 0) is 20.1 Å². The van der Waals surface area contributed by atoms with Crippen molar-refractivity contribution in [2.75, 3.05) is 0 Å². The van der Waals surface area contributed by atoms with Crippen LogP contribution in [0.4, 0.5) is 0 Å². The van der Waals surface area contributed by atoms with Gasteiger partial charge in [0.25, 0.3) is 0 Å². The van der Waals surface area contributed by atoms with Crippen LogP contribution in [0.5, 0.6) is 0 Å². The molecule has 0 aliphatic rings. The van der Waals surface area contributed by atoms with Gasteiger partial charge >= 0.3 is 20.1 Å². The van der Waals surface area contributed by atoms with Crippen molar-refractivity contribution >= 4 is 35.2 Å². The van der Waals surface area contributed by atoms with E-state index in [1.54, 1.807) is 6.20 Å². The first-order chi connectivity index (χ1) is 18.3. The molecule has 204 valence electrons. The Hall–Kier alpha value is -3.37. The maximum absolute atomic E-state index is 5.97. The number of para-hydroxylation sites is 1. The predicted molar refractivity (Wildman–Crippen MR) is 168 cm³/mol. The quantitative estimate of drug-likeness (QED) is 0.135. The summed E-state index contributed by atoms with van der Waals surface area (Å²) < 4.78 is 5.97. The van der Waals surface area contributed by atoms with Crippen LogP contribution >= 0.6 is 0 Å². The number of aromatic nitrogens is 2. The van der Waals surface area contributed by atoms with Gasteiger partial charge in [0.05, 0.1) is 13.7 Å². The third-order valence-electron chi connectivity index (χ3n) is 6.61. The molecule has 40 heavy (non-hydrogen) atoms. The average Bonchev–Trinajstić information content (AvgIpc) is 3.32. The molecule has 0 radical (unpaired) electrons. The van der Waals surface area contributed by atoms with Crippen molar-refractivity contribution in [3.05, 3.63) is 122 Å². The van der Waals surface area contributed by atoms with Crippen LogP contribution in [0, 0.1) is 19.6 Å². The van der Waals surface area contributed by atoms with E-state index in [4.69, 9.17) is 4.42 Å². The van der Waals surface area contributed by atoms with Gasteiger partial charge in [0.15, 0.2) is 0 Å². The van der Waals surface area contributed by atoms with E-state index in [1.807, 2.05) is 66.7 Å². The number of fused-ring (bicyclic) bond motifs is 3. The van der Waals surface area contributed by atoms with Crippen molar-refractivity contribution in [1.82, 2.24) is 9.97 Å². The number of benzene rings is 3. The summed E-state index contributed by atoms with van der Waals surface area (Å²) in [6.07, 6.45) is 3.88. The summed E-state index contributed by atoms with van der Waals surface area (Å²) in [5, 5.41) is 3.71. The largest absolute Gasteiger partial charge is 3.00 e. The van der Waals surface area contributed by atoms with Gasteiger partial charge in [-0.3, -0.25) is 0 Å². The van der Waals surface area contributed by atoms with Crippen LogP contribution in [0.1, 0.15) is 25.3 Å². The van der Waals surface area contributed by atoms with Gasteiger partial charge in [0.2, 0.25) is 0 Å². The first-order valence-corrected chi connectivity index (χ1v) is 16.5. The van der Waals surface area contributed by atoms with Crippen LogP contribution in [-0.4, -0.2) is 18.0 Å². The minimum atomic E-state index is -1.34. The van der Waals surface area contributed by atoms with E-state index in [0.29, 0.717) is 5.92 Å². The van der Waals surface area contributed by atoms with Crippen molar-refractivity contribution < 1.29 is 24.5 Å². The Morgan fingerprint density at radius 2 is 1.52 bits per heavy atom. The molecule has 3 nitrogen and oxygen atoms in total. The Labute approximate surface area is 253 Å². The zero-order chi connectivity index (χ0) is 26.7.